The van der Waals surface area contributed by atoms with E-state index in [-0.39, 0.29) is 5.92 Å². The van der Waals surface area contributed by atoms with Gasteiger partial charge in [0, 0.05) is 19.0 Å². The molecule has 0 saturated carbocycles. The SMILES string of the molecule is CCC[C@H](C)C(=O)NS(=O)(=O)N1CCCC1. The lowest BCUT2D eigenvalue weighted by Crippen LogP contribution is -2.43. The minimum Gasteiger partial charge on any atom is -0.274 e. The molecule has 0 aromatic heterocycles. The Kier molecular flexibility index (Phi) is 4.73. The first kappa shape index (κ1) is 13.4. The van der Waals surface area contributed by atoms with Gasteiger partial charge >= 0.3 is 10.2 Å². The molecule has 1 amide bonds. The van der Waals surface area contributed by atoms with E-state index in [2.05, 4.69) is 4.72 Å². The fourth-order valence-corrected chi connectivity index (χ4v) is 3.11. The fraction of sp³-hybridized carbons (Fsp3) is 0.900. The molecule has 0 radical (unpaired) electrons. The van der Waals surface area contributed by atoms with E-state index >= 15 is 0 Å². The summed E-state index contributed by atoms with van der Waals surface area (Å²) in [7, 11) is -3.59. The number of carbonyl (C=O) groups is 1. The highest BCUT2D eigenvalue weighted by atomic mass is 32.2. The maximum Gasteiger partial charge on any atom is 0.303 e. The Bertz CT molecular complexity index is 334. The van der Waals surface area contributed by atoms with Crippen LogP contribution in [0.3, 0.4) is 0 Å². The van der Waals surface area contributed by atoms with Gasteiger partial charge in [-0.3, -0.25) is 4.79 Å². The van der Waals surface area contributed by atoms with Crippen LogP contribution in [0, 0.1) is 5.92 Å². The molecule has 16 heavy (non-hydrogen) atoms. The Labute approximate surface area is 97.4 Å². The third-order valence-electron chi connectivity index (χ3n) is 2.80. The zero-order valence-corrected chi connectivity index (χ0v) is 10.7. The molecule has 1 atom stereocenters. The minimum absolute atomic E-state index is 0.248. The van der Waals surface area contributed by atoms with E-state index in [1.165, 1.54) is 4.31 Å². The van der Waals surface area contributed by atoms with Gasteiger partial charge in [0.25, 0.3) is 0 Å². The summed E-state index contributed by atoms with van der Waals surface area (Å²) >= 11 is 0. The molecule has 0 aromatic rings. The van der Waals surface area contributed by atoms with E-state index in [1.54, 1.807) is 6.92 Å². The number of hydrogen-bond acceptors (Lipinski definition) is 3. The van der Waals surface area contributed by atoms with Crippen molar-refractivity contribution in [2.75, 3.05) is 13.1 Å². The molecule has 0 aliphatic carbocycles. The Morgan fingerprint density at radius 3 is 2.44 bits per heavy atom. The highest BCUT2D eigenvalue weighted by molar-refractivity contribution is 7.87. The largest absolute Gasteiger partial charge is 0.303 e. The number of nitrogens with one attached hydrogen (secondary N) is 1. The van der Waals surface area contributed by atoms with Gasteiger partial charge in [-0.15, -0.1) is 0 Å². The molecule has 0 bridgehead atoms. The van der Waals surface area contributed by atoms with Crippen LogP contribution in [-0.2, 0) is 15.0 Å². The van der Waals surface area contributed by atoms with Gasteiger partial charge < -0.3 is 0 Å². The number of amides is 1. The summed E-state index contributed by atoms with van der Waals surface area (Å²) in [5.74, 6) is -0.642. The molecule has 5 nitrogen and oxygen atoms in total. The van der Waals surface area contributed by atoms with Crippen LogP contribution in [0.2, 0.25) is 0 Å². The summed E-state index contributed by atoms with van der Waals surface area (Å²) in [6.07, 6.45) is 3.33. The van der Waals surface area contributed by atoms with Crippen molar-refractivity contribution in [3.63, 3.8) is 0 Å². The number of rotatable bonds is 5. The third kappa shape index (κ3) is 3.45. The van der Waals surface area contributed by atoms with E-state index in [0.29, 0.717) is 19.5 Å². The summed E-state index contributed by atoms with van der Waals surface area (Å²) in [6, 6.07) is 0. The van der Waals surface area contributed by atoms with Gasteiger partial charge in [0.1, 0.15) is 0 Å². The van der Waals surface area contributed by atoms with E-state index < -0.39 is 16.1 Å². The second kappa shape index (κ2) is 5.63. The molecule has 6 heteroatoms. The average molecular weight is 248 g/mol. The molecule has 1 N–H and O–H groups in total. The zero-order chi connectivity index (χ0) is 12.2. The molecule has 94 valence electrons. The van der Waals surface area contributed by atoms with Crippen LogP contribution < -0.4 is 4.72 Å². The molecule has 0 unspecified atom stereocenters. The van der Waals surface area contributed by atoms with Crippen LogP contribution in [0.5, 0.6) is 0 Å². The summed E-state index contributed by atoms with van der Waals surface area (Å²) < 4.78 is 27.0. The van der Waals surface area contributed by atoms with Gasteiger partial charge in [0.2, 0.25) is 5.91 Å². The van der Waals surface area contributed by atoms with Crippen LogP contribution in [0.4, 0.5) is 0 Å². The van der Waals surface area contributed by atoms with Gasteiger partial charge in [0.05, 0.1) is 0 Å². The van der Waals surface area contributed by atoms with Gasteiger partial charge in [-0.2, -0.15) is 12.7 Å². The van der Waals surface area contributed by atoms with Crippen molar-refractivity contribution < 1.29 is 13.2 Å². The van der Waals surface area contributed by atoms with E-state index in [4.69, 9.17) is 0 Å². The first-order chi connectivity index (χ1) is 7.47. The van der Waals surface area contributed by atoms with E-state index in [1.807, 2.05) is 6.92 Å². The minimum atomic E-state index is -3.59. The summed E-state index contributed by atoms with van der Waals surface area (Å²) in [5, 5.41) is 0. The Morgan fingerprint density at radius 2 is 1.94 bits per heavy atom. The predicted octanol–water partition coefficient (Wildman–Crippen LogP) is 0.879. The van der Waals surface area contributed by atoms with Gasteiger partial charge in [-0.05, 0) is 19.3 Å². The Hall–Kier alpha value is -0.620. The van der Waals surface area contributed by atoms with E-state index in [0.717, 1.165) is 19.3 Å². The van der Waals surface area contributed by atoms with Crippen LogP contribution in [0.25, 0.3) is 0 Å². The molecular formula is C10H20N2O3S. The molecule has 0 aromatic carbocycles. The van der Waals surface area contributed by atoms with Crippen LogP contribution >= 0.6 is 0 Å². The lowest BCUT2D eigenvalue weighted by Gasteiger charge is -2.17. The van der Waals surface area contributed by atoms with E-state index in [9.17, 15) is 13.2 Å². The lowest BCUT2D eigenvalue weighted by atomic mass is 10.1. The quantitative estimate of drug-likeness (QED) is 0.785. The van der Waals surface area contributed by atoms with Crippen molar-refractivity contribution in [2.24, 2.45) is 5.92 Å². The van der Waals surface area contributed by atoms with Crippen LogP contribution in [0.1, 0.15) is 39.5 Å². The maximum absolute atomic E-state index is 11.7. The molecule has 1 rings (SSSR count). The highest BCUT2D eigenvalue weighted by Crippen LogP contribution is 2.12. The molecular weight excluding hydrogens is 228 g/mol. The summed E-state index contributed by atoms with van der Waals surface area (Å²) in [4.78, 5) is 11.6. The third-order valence-corrected chi connectivity index (χ3v) is 4.31. The van der Waals surface area contributed by atoms with Crippen LogP contribution in [-0.4, -0.2) is 31.7 Å². The number of nitrogens with zero attached hydrogens (tertiary/aromatic N) is 1. The molecule has 1 aliphatic heterocycles. The Balaban J connectivity index is 2.55. The molecule has 0 spiro atoms. The topological polar surface area (TPSA) is 66.5 Å². The maximum atomic E-state index is 11.7. The smallest absolute Gasteiger partial charge is 0.274 e. The number of carbonyl (C=O) groups excluding carboxylic acids is 1. The van der Waals surface area contributed by atoms with Gasteiger partial charge in [0.15, 0.2) is 0 Å². The second-order valence-electron chi connectivity index (χ2n) is 4.27. The molecule has 1 aliphatic rings. The summed E-state index contributed by atoms with van der Waals surface area (Å²) in [5.41, 5.74) is 0. The lowest BCUT2D eigenvalue weighted by molar-refractivity contribution is -0.122. The molecule has 1 heterocycles. The first-order valence-corrected chi connectivity index (χ1v) is 7.23. The highest BCUT2D eigenvalue weighted by Gasteiger charge is 2.28. The molecule has 1 saturated heterocycles. The van der Waals surface area contributed by atoms with Crippen molar-refractivity contribution in [1.82, 2.24) is 9.03 Å². The van der Waals surface area contributed by atoms with Crippen molar-refractivity contribution in [3.8, 4) is 0 Å². The predicted molar refractivity (Wildman–Crippen MR) is 61.9 cm³/mol. The molecule has 1 fully saturated rings. The van der Waals surface area contributed by atoms with Crippen molar-refractivity contribution in [1.29, 1.82) is 0 Å². The second-order valence-corrected chi connectivity index (χ2v) is 5.94. The normalized spacial score (nSPS) is 19.6. The Morgan fingerprint density at radius 1 is 1.38 bits per heavy atom. The standard InChI is InChI=1S/C10H20N2O3S/c1-3-6-9(2)10(13)11-16(14,15)12-7-4-5-8-12/h9H,3-8H2,1-2H3,(H,11,13)/t9-/m0/s1. The monoisotopic (exact) mass is 248 g/mol. The van der Waals surface area contributed by atoms with Gasteiger partial charge in [-0.25, -0.2) is 4.72 Å². The van der Waals surface area contributed by atoms with Crippen molar-refractivity contribution in [3.05, 3.63) is 0 Å². The summed E-state index contributed by atoms with van der Waals surface area (Å²) in [6.45, 7) is 4.76. The van der Waals surface area contributed by atoms with Crippen LogP contribution in [0.15, 0.2) is 0 Å². The fourth-order valence-electron chi connectivity index (χ4n) is 1.78. The van der Waals surface area contributed by atoms with Gasteiger partial charge in [-0.1, -0.05) is 20.3 Å². The number of hydrogen-bond donors (Lipinski definition) is 1. The average Bonchev–Trinajstić information content (AvgIpc) is 2.70. The first-order valence-electron chi connectivity index (χ1n) is 5.79. The van der Waals surface area contributed by atoms with Crippen molar-refractivity contribution >= 4 is 16.1 Å². The van der Waals surface area contributed by atoms with Crippen molar-refractivity contribution in [2.45, 2.75) is 39.5 Å². The zero-order valence-electron chi connectivity index (χ0n) is 9.90.